The van der Waals surface area contributed by atoms with E-state index < -0.39 is 5.97 Å². The summed E-state index contributed by atoms with van der Waals surface area (Å²) in [5.74, 6) is -1.10. The van der Waals surface area contributed by atoms with E-state index in [9.17, 15) is 9.90 Å². The highest BCUT2D eigenvalue weighted by Gasteiger charge is 2.16. The number of hydrogen-bond acceptors (Lipinski definition) is 4. The molecule has 0 unspecified atom stereocenters. The fraction of sp³-hybridized carbons (Fsp3) is 0.125. The van der Waals surface area contributed by atoms with E-state index in [4.69, 9.17) is 35.4 Å². The quantitative estimate of drug-likeness (QED) is 0.539. The molecular weight excluding hydrogens is 411 g/mol. The highest BCUT2D eigenvalue weighted by molar-refractivity contribution is 7.80. The summed E-state index contributed by atoms with van der Waals surface area (Å²) >= 11 is 17.3. The molecule has 0 aliphatic heterocycles. The molecule has 0 amide bonds. The van der Waals surface area contributed by atoms with Gasteiger partial charge in [0.25, 0.3) is 0 Å². The number of carbonyl (C=O) groups is 1. The molecule has 0 spiro atoms. The van der Waals surface area contributed by atoms with Crippen molar-refractivity contribution in [2.45, 2.75) is 6.54 Å². The number of benzene rings is 1. The molecule has 3 N–H and O–H groups in total. The van der Waals surface area contributed by atoms with Crippen LogP contribution in [-0.4, -0.2) is 35.7 Å². The molecule has 0 fully saturated rings. The molecule has 27 heavy (non-hydrogen) atoms. The molecule has 0 saturated heterocycles. The van der Waals surface area contributed by atoms with Gasteiger partial charge in [0.15, 0.2) is 10.8 Å². The Morgan fingerprint density at radius 2 is 2.04 bits per heavy atom. The summed E-state index contributed by atoms with van der Waals surface area (Å²) in [6.45, 7) is 0.462. The summed E-state index contributed by atoms with van der Waals surface area (Å²) in [6, 6.07) is 5.27. The number of aromatic nitrogens is 4. The molecule has 8 nitrogen and oxygen atoms in total. The molecule has 0 aliphatic carbocycles. The van der Waals surface area contributed by atoms with Gasteiger partial charge in [-0.3, -0.25) is 9.36 Å². The fourth-order valence-electron chi connectivity index (χ4n) is 2.41. The zero-order valence-electron chi connectivity index (χ0n) is 14.0. The van der Waals surface area contributed by atoms with Gasteiger partial charge in [0.1, 0.15) is 0 Å². The Labute approximate surface area is 169 Å². The van der Waals surface area contributed by atoms with Crippen molar-refractivity contribution in [2.75, 3.05) is 10.6 Å². The molecule has 3 rings (SSSR count). The van der Waals surface area contributed by atoms with Crippen molar-refractivity contribution in [1.29, 1.82) is 0 Å². The number of anilines is 2. The highest BCUT2D eigenvalue weighted by Crippen LogP contribution is 2.22. The normalized spacial score (nSPS) is 10.6. The lowest BCUT2D eigenvalue weighted by atomic mass is 10.2. The lowest BCUT2D eigenvalue weighted by molar-refractivity contribution is 0.0686. The smallest absolute Gasteiger partial charge is 0.356 e. The molecule has 0 atom stereocenters. The number of aromatic carboxylic acids is 1. The van der Waals surface area contributed by atoms with Crippen LogP contribution in [-0.2, 0) is 13.6 Å². The van der Waals surface area contributed by atoms with Gasteiger partial charge in [-0.25, -0.2) is 4.79 Å². The number of carboxylic acid groups (broad SMARTS) is 1. The topological polar surface area (TPSA) is 97.0 Å². The lowest BCUT2D eigenvalue weighted by Crippen LogP contribution is -2.20. The average molecular weight is 425 g/mol. The summed E-state index contributed by atoms with van der Waals surface area (Å²) in [6.07, 6.45) is 4.74. The second-order valence-electron chi connectivity index (χ2n) is 5.58. The first-order chi connectivity index (χ1) is 12.8. The molecular formula is C16H14Cl2N6O2S. The Balaban J connectivity index is 1.65. The largest absolute Gasteiger partial charge is 0.476 e. The maximum Gasteiger partial charge on any atom is 0.356 e. The third-order valence-corrected chi connectivity index (χ3v) is 4.42. The van der Waals surface area contributed by atoms with Crippen molar-refractivity contribution in [3.05, 3.63) is 58.1 Å². The van der Waals surface area contributed by atoms with Crippen LogP contribution in [0.4, 0.5) is 11.4 Å². The van der Waals surface area contributed by atoms with Gasteiger partial charge in [0, 0.05) is 23.3 Å². The van der Waals surface area contributed by atoms with Crippen LogP contribution >= 0.6 is 35.4 Å². The van der Waals surface area contributed by atoms with E-state index in [-0.39, 0.29) is 10.8 Å². The van der Waals surface area contributed by atoms with Crippen LogP contribution in [0.15, 0.2) is 36.8 Å². The van der Waals surface area contributed by atoms with Gasteiger partial charge in [-0.15, -0.1) is 0 Å². The van der Waals surface area contributed by atoms with Crippen LogP contribution in [0, 0.1) is 0 Å². The number of aryl methyl sites for hydroxylation is 1. The van der Waals surface area contributed by atoms with Gasteiger partial charge in [0.05, 0.1) is 30.3 Å². The Bertz CT molecular complexity index is 1020. The number of carboxylic acids is 1. The molecule has 0 aliphatic rings. The molecule has 140 valence electrons. The van der Waals surface area contributed by atoms with Crippen molar-refractivity contribution in [2.24, 2.45) is 7.05 Å². The Morgan fingerprint density at radius 3 is 2.74 bits per heavy atom. The van der Waals surface area contributed by atoms with Crippen molar-refractivity contribution in [3.63, 3.8) is 0 Å². The Morgan fingerprint density at radius 1 is 1.26 bits per heavy atom. The van der Waals surface area contributed by atoms with Gasteiger partial charge >= 0.3 is 5.97 Å². The zero-order valence-corrected chi connectivity index (χ0v) is 16.3. The molecule has 0 saturated carbocycles. The first-order valence-corrected chi connectivity index (χ1v) is 8.79. The Hall–Kier alpha value is -2.62. The van der Waals surface area contributed by atoms with E-state index in [0.29, 0.717) is 28.0 Å². The van der Waals surface area contributed by atoms with Crippen LogP contribution in [0.25, 0.3) is 0 Å². The SMILES string of the molecule is Cn1ncc(NC(=S)Nc2cnn(Cc3ccc(Cl)cc3Cl)c2)c1C(=O)O. The molecule has 11 heteroatoms. The van der Waals surface area contributed by atoms with Crippen LogP contribution in [0.3, 0.4) is 0 Å². The third kappa shape index (κ3) is 4.57. The number of thiocarbonyl (C=S) groups is 1. The maximum atomic E-state index is 11.3. The maximum absolute atomic E-state index is 11.3. The molecule has 2 aromatic heterocycles. The standard InChI is InChI=1S/C16H14Cl2N6O2S/c1-23-14(15(25)26)13(6-19-23)22-16(27)21-11-5-20-24(8-11)7-9-2-3-10(17)4-12(9)18/h2-6,8H,7H2,1H3,(H,25,26)(H2,21,22,27). The van der Waals surface area contributed by atoms with E-state index >= 15 is 0 Å². The van der Waals surface area contributed by atoms with E-state index in [2.05, 4.69) is 20.8 Å². The first-order valence-electron chi connectivity index (χ1n) is 7.63. The summed E-state index contributed by atoms with van der Waals surface area (Å²) in [4.78, 5) is 11.3. The third-order valence-electron chi connectivity index (χ3n) is 3.63. The van der Waals surface area contributed by atoms with E-state index in [1.54, 1.807) is 29.2 Å². The van der Waals surface area contributed by atoms with Gasteiger partial charge in [-0.2, -0.15) is 10.2 Å². The number of halogens is 2. The molecule has 1 aromatic carbocycles. The van der Waals surface area contributed by atoms with Gasteiger partial charge < -0.3 is 15.7 Å². The summed E-state index contributed by atoms with van der Waals surface area (Å²) < 4.78 is 2.94. The van der Waals surface area contributed by atoms with E-state index in [0.717, 1.165) is 5.56 Å². The first kappa shape index (κ1) is 19.2. The highest BCUT2D eigenvalue weighted by atomic mass is 35.5. The molecule has 0 bridgehead atoms. The molecule has 3 aromatic rings. The van der Waals surface area contributed by atoms with Gasteiger partial charge in [-0.1, -0.05) is 29.3 Å². The number of hydrogen-bond donors (Lipinski definition) is 3. The minimum Gasteiger partial charge on any atom is -0.476 e. The predicted molar refractivity (Wildman–Crippen MR) is 108 cm³/mol. The second kappa shape index (κ2) is 7.95. The van der Waals surface area contributed by atoms with Crippen LogP contribution in [0.2, 0.25) is 10.0 Å². The molecule has 2 heterocycles. The van der Waals surface area contributed by atoms with Crippen LogP contribution < -0.4 is 10.6 Å². The average Bonchev–Trinajstić information content (AvgIpc) is 3.16. The van der Waals surface area contributed by atoms with Gasteiger partial charge in [-0.05, 0) is 29.9 Å². The predicted octanol–water partition coefficient (Wildman–Crippen LogP) is 3.48. The van der Waals surface area contributed by atoms with Crippen LogP contribution in [0.1, 0.15) is 16.1 Å². The second-order valence-corrected chi connectivity index (χ2v) is 6.83. The monoisotopic (exact) mass is 424 g/mol. The fourth-order valence-corrected chi connectivity index (χ4v) is 3.10. The number of rotatable bonds is 5. The minimum atomic E-state index is -1.10. The summed E-state index contributed by atoms with van der Waals surface area (Å²) in [5, 5.41) is 24.5. The lowest BCUT2D eigenvalue weighted by Gasteiger charge is -2.08. The zero-order chi connectivity index (χ0) is 19.6. The van der Waals surface area contributed by atoms with Crippen molar-refractivity contribution in [3.8, 4) is 0 Å². The number of nitrogens with zero attached hydrogens (tertiary/aromatic N) is 4. The Kier molecular flexibility index (Phi) is 5.64. The minimum absolute atomic E-state index is 0.00669. The van der Waals surface area contributed by atoms with Crippen LogP contribution in [0.5, 0.6) is 0 Å². The summed E-state index contributed by atoms with van der Waals surface area (Å²) in [5.41, 5.74) is 1.81. The van der Waals surface area contributed by atoms with Crippen molar-refractivity contribution in [1.82, 2.24) is 19.6 Å². The van der Waals surface area contributed by atoms with Crippen molar-refractivity contribution >= 4 is 57.9 Å². The molecule has 0 radical (unpaired) electrons. The van der Waals surface area contributed by atoms with E-state index in [1.165, 1.54) is 17.9 Å². The summed E-state index contributed by atoms with van der Waals surface area (Å²) in [7, 11) is 1.54. The number of nitrogens with one attached hydrogen (secondary N) is 2. The van der Waals surface area contributed by atoms with Crippen molar-refractivity contribution < 1.29 is 9.90 Å². The van der Waals surface area contributed by atoms with Gasteiger partial charge in [0.2, 0.25) is 0 Å². The van der Waals surface area contributed by atoms with E-state index in [1.807, 2.05) is 6.07 Å².